The number of aromatic nitrogens is 5. The van der Waals surface area contributed by atoms with E-state index in [-0.39, 0.29) is 0 Å². The average Bonchev–Trinajstić information content (AvgIpc) is 2.78. The van der Waals surface area contributed by atoms with Crippen molar-refractivity contribution in [2.45, 2.75) is 33.2 Å². The van der Waals surface area contributed by atoms with Gasteiger partial charge in [-0.25, -0.2) is 9.67 Å². The van der Waals surface area contributed by atoms with Crippen molar-refractivity contribution >= 4 is 11.6 Å². The largest absolute Gasteiger partial charge is 0.274 e. The smallest absolute Gasteiger partial charge is 0.180 e. The standard InChI is InChI=1S/C11H16ClN5/c1-4-5-6-17-11(13-8(2)14-17)10-9(12)7-16(3)15-10/h7H,4-6H2,1-3H3. The summed E-state index contributed by atoms with van der Waals surface area (Å²) in [6.07, 6.45) is 3.96. The molecule has 0 aliphatic carbocycles. The molecule has 5 nitrogen and oxygen atoms in total. The highest BCUT2D eigenvalue weighted by atomic mass is 35.5. The maximum Gasteiger partial charge on any atom is 0.180 e. The van der Waals surface area contributed by atoms with Gasteiger partial charge in [-0.3, -0.25) is 4.68 Å². The molecule has 0 aromatic carbocycles. The second kappa shape index (κ2) is 4.87. The van der Waals surface area contributed by atoms with Gasteiger partial charge < -0.3 is 0 Å². The van der Waals surface area contributed by atoms with Crippen LogP contribution in [0.25, 0.3) is 11.5 Å². The van der Waals surface area contributed by atoms with Crippen LogP contribution in [0.4, 0.5) is 0 Å². The normalized spacial score (nSPS) is 11.1. The van der Waals surface area contributed by atoms with Crippen molar-refractivity contribution < 1.29 is 0 Å². The summed E-state index contributed by atoms with van der Waals surface area (Å²) >= 11 is 6.13. The third kappa shape index (κ3) is 2.49. The molecule has 2 rings (SSSR count). The third-order valence-electron chi connectivity index (χ3n) is 2.50. The Labute approximate surface area is 105 Å². The summed E-state index contributed by atoms with van der Waals surface area (Å²) < 4.78 is 3.57. The van der Waals surface area contributed by atoms with Gasteiger partial charge in [0.1, 0.15) is 11.5 Å². The third-order valence-corrected chi connectivity index (χ3v) is 2.77. The Kier molecular flexibility index (Phi) is 3.47. The lowest BCUT2D eigenvalue weighted by Crippen LogP contribution is -2.03. The number of rotatable bonds is 4. The maximum absolute atomic E-state index is 6.13. The zero-order valence-corrected chi connectivity index (χ0v) is 11.1. The van der Waals surface area contributed by atoms with Crippen LogP contribution in [-0.2, 0) is 13.6 Å². The Bertz CT molecular complexity index is 514. The first-order chi connectivity index (χ1) is 8.11. The Morgan fingerprint density at radius 2 is 2.12 bits per heavy atom. The van der Waals surface area contributed by atoms with E-state index in [2.05, 4.69) is 22.1 Å². The number of halogens is 1. The Hall–Kier alpha value is -1.36. The van der Waals surface area contributed by atoms with Gasteiger partial charge in [-0.1, -0.05) is 24.9 Å². The second-order valence-electron chi connectivity index (χ2n) is 4.06. The first-order valence-electron chi connectivity index (χ1n) is 5.72. The van der Waals surface area contributed by atoms with E-state index in [9.17, 15) is 0 Å². The number of unbranched alkanes of at least 4 members (excludes halogenated alkanes) is 1. The van der Waals surface area contributed by atoms with Crippen LogP contribution in [0, 0.1) is 6.92 Å². The summed E-state index contributed by atoms with van der Waals surface area (Å²) in [5.41, 5.74) is 0.700. The first kappa shape index (κ1) is 12.1. The highest BCUT2D eigenvalue weighted by molar-refractivity contribution is 6.32. The van der Waals surface area contributed by atoms with Crippen LogP contribution in [0.1, 0.15) is 25.6 Å². The van der Waals surface area contributed by atoms with Crippen LogP contribution in [0.5, 0.6) is 0 Å². The van der Waals surface area contributed by atoms with E-state index in [1.165, 1.54) is 0 Å². The molecule has 0 N–H and O–H groups in total. The summed E-state index contributed by atoms with van der Waals surface area (Å²) in [7, 11) is 1.84. The van der Waals surface area contributed by atoms with Crippen molar-refractivity contribution in [3.8, 4) is 11.5 Å². The molecule has 0 fully saturated rings. The molecule has 0 amide bonds. The SMILES string of the molecule is CCCCn1nc(C)nc1-c1nn(C)cc1Cl. The molecule has 92 valence electrons. The zero-order chi connectivity index (χ0) is 12.4. The van der Waals surface area contributed by atoms with Crippen LogP contribution >= 0.6 is 11.6 Å². The highest BCUT2D eigenvalue weighted by Gasteiger charge is 2.16. The second-order valence-corrected chi connectivity index (χ2v) is 4.47. The summed E-state index contributed by atoms with van der Waals surface area (Å²) in [6.45, 7) is 4.87. The Morgan fingerprint density at radius 3 is 2.71 bits per heavy atom. The molecule has 0 aliphatic heterocycles. The van der Waals surface area contributed by atoms with Crippen molar-refractivity contribution in [1.29, 1.82) is 0 Å². The summed E-state index contributed by atoms with van der Waals surface area (Å²) in [5.74, 6) is 1.50. The van der Waals surface area contributed by atoms with Gasteiger partial charge in [-0.15, -0.1) is 0 Å². The van der Waals surface area contributed by atoms with Gasteiger partial charge in [-0.2, -0.15) is 10.2 Å². The van der Waals surface area contributed by atoms with Gasteiger partial charge in [0.15, 0.2) is 5.82 Å². The van der Waals surface area contributed by atoms with Crippen LogP contribution in [-0.4, -0.2) is 24.5 Å². The van der Waals surface area contributed by atoms with E-state index < -0.39 is 0 Å². The Morgan fingerprint density at radius 1 is 1.35 bits per heavy atom. The number of aryl methyl sites for hydroxylation is 3. The summed E-state index contributed by atoms with van der Waals surface area (Å²) in [4.78, 5) is 4.40. The van der Waals surface area contributed by atoms with Crippen LogP contribution < -0.4 is 0 Å². The first-order valence-corrected chi connectivity index (χ1v) is 6.10. The predicted molar refractivity (Wildman–Crippen MR) is 66.9 cm³/mol. The molecular weight excluding hydrogens is 238 g/mol. The van der Waals surface area contributed by atoms with Gasteiger partial charge in [0.2, 0.25) is 0 Å². The lowest BCUT2D eigenvalue weighted by molar-refractivity contribution is 0.571. The van der Waals surface area contributed by atoms with Crippen molar-refractivity contribution in [1.82, 2.24) is 24.5 Å². The zero-order valence-electron chi connectivity index (χ0n) is 10.3. The molecule has 0 atom stereocenters. The molecular formula is C11H16ClN5. The van der Waals surface area contributed by atoms with E-state index in [1.807, 2.05) is 18.7 Å². The van der Waals surface area contributed by atoms with Crippen molar-refractivity contribution in [3.05, 3.63) is 17.0 Å². The molecule has 0 bridgehead atoms. The molecule has 0 radical (unpaired) electrons. The maximum atomic E-state index is 6.13. The Balaban J connectivity index is 2.40. The van der Waals surface area contributed by atoms with Crippen molar-refractivity contribution in [2.75, 3.05) is 0 Å². The fraction of sp³-hybridized carbons (Fsp3) is 0.545. The van der Waals surface area contributed by atoms with Gasteiger partial charge >= 0.3 is 0 Å². The van der Waals surface area contributed by atoms with Gasteiger partial charge in [0.05, 0.1) is 5.02 Å². The van der Waals surface area contributed by atoms with E-state index in [0.29, 0.717) is 10.7 Å². The van der Waals surface area contributed by atoms with E-state index in [4.69, 9.17) is 11.6 Å². The lowest BCUT2D eigenvalue weighted by atomic mass is 10.3. The minimum absolute atomic E-state index is 0.609. The molecule has 6 heteroatoms. The monoisotopic (exact) mass is 253 g/mol. The van der Waals surface area contributed by atoms with E-state index >= 15 is 0 Å². The van der Waals surface area contributed by atoms with Crippen molar-refractivity contribution in [2.24, 2.45) is 7.05 Å². The minimum atomic E-state index is 0.609. The quantitative estimate of drug-likeness (QED) is 0.841. The van der Waals surface area contributed by atoms with Gasteiger partial charge in [-0.05, 0) is 13.3 Å². The average molecular weight is 254 g/mol. The molecule has 0 unspecified atom stereocenters. The number of hydrogen-bond donors (Lipinski definition) is 0. The molecule has 2 heterocycles. The van der Waals surface area contributed by atoms with Crippen molar-refractivity contribution in [3.63, 3.8) is 0 Å². The van der Waals surface area contributed by atoms with Gasteiger partial charge in [0, 0.05) is 19.8 Å². The topological polar surface area (TPSA) is 48.5 Å². The van der Waals surface area contributed by atoms with Crippen LogP contribution in [0.15, 0.2) is 6.20 Å². The van der Waals surface area contributed by atoms with E-state index in [1.54, 1.807) is 10.9 Å². The fourth-order valence-electron chi connectivity index (χ4n) is 1.71. The summed E-state index contributed by atoms with van der Waals surface area (Å²) in [5, 5.41) is 9.31. The number of hydrogen-bond acceptors (Lipinski definition) is 3. The van der Waals surface area contributed by atoms with Gasteiger partial charge in [0.25, 0.3) is 0 Å². The molecule has 2 aromatic rings. The highest BCUT2D eigenvalue weighted by Crippen LogP contribution is 2.24. The predicted octanol–water partition coefficient (Wildman–Crippen LogP) is 2.44. The van der Waals surface area contributed by atoms with Crippen LogP contribution in [0.3, 0.4) is 0 Å². The molecule has 0 spiro atoms. The minimum Gasteiger partial charge on any atom is -0.274 e. The molecule has 0 saturated heterocycles. The molecule has 0 aliphatic rings. The van der Waals surface area contributed by atoms with E-state index in [0.717, 1.165) is 31.0 Å². The molecule has 2 aromatic heterocycles. The number of nitrogens with zero attached hydrogens (tertiary/aromatic N) is 5. The summed E-state index contributed by atoms with van der Waals surface area (Å²) in [6, 6.07) is 0. The molecule has 0 saturated carbocycles. The molecule has 17 heavy (non-hydrogen) atoms. The lowest BCUT2D eigenvalue weighted by Gasteiger charge is -2.02. The fourth-order valence-corrected chi connectivity index (χ4v) is 1.97. The van der Waals surface area contributed by atoms with Crippen LogP contribution in [0.2, 0.25) is 5.02 Å².